The number of hydrogen-bond donors (Lipinski definition) is 3. The van der Waals surface area contributed by atoms with E-state index in [1.54, 1.807) is 0 Å². The lowest BCUT2D eigenvalue weighted by atomic mass is 10.1. The molecule has 7 nitrogen and oxygen atoms in total. The Labute approximate surface area is 170 Å². The van der Waals surface area contributed by atoms with Crippen molar-refractivity contribution in [3.8, 4) is 0 Å². The summed E-state index contributed by atoms with van der Waals surface area (Å²) < 4.78 is 0. The number of nitrogens with one attached hydrogen (secondary N) is 2. The first kappa shape index (κ1) is 19.3. The van der Waals surface area contributed by atoms with E-state index in [9.17, 15) is 9.59 Å². The predicted octanol–water partition coefficient (Wildman–Crippen LogP) is 2.81. The Morgan fingerprint density at radius 1 is 0.966 bits per heavy atom. The van der Waals surface area contributed by atoms with Gasteiger partial charge < -0.3 is 25.5 Å². The number of piperazine rings is 1. The minimum absolute atomic E-state index is 0.00763. The fourth-order valence-corrected chi connectivity index (χ4v) is 3.79. The zero-order valence-corrected chi connectivity index (χ0v) is 16.5. The number of anilines is 2. The van der Waals surface area contributed by atoms with E-state index in [-0.39, 0.29) is 17.9 Å². The average molecular weight is 394 g/mol. The Kier molecular flexibility index (Phi) is 5.40. The van der Waals surface area contributed by atoms with E-state index in [4.69, 9.17) is 5.11 Å². The van der Waals surface area contributed by atoms with Gasteiger partial charge in [0.1, 0.15) is 0 Å². The van der Waals surface area contributed by atoms with E-state index in [1.165, 1.54) is 0 Å². The van der Waals surface area contributed by atoms with Crippen molar-refractivity contribution >= 4 is 23.4 Å². The zero-order valence-electron chi connectivity index (χ0n) is 16.5. The van der Waals surface area contributed by atoms with Crippen LogP contribution in [0.2, 0.25) is 0 Å². The highest BCUT2D eigenvalue weighted by Gasteiger charge is 2.39. The van der Waals surface area contributed by atoms with Gasteiger partial charge in [-0.05, 0) is 55.4 Å². The van der Waals surface area contributed by atoms with Gasteiger partial charge in [-0.15, -0.1) is 0 Å². The maximum absolute atomic E-state index is 12.5. The standard InChI is InChI=1S/C22H26N4O3/c1-25-10-12-26(13-11-25)18-8-4-16(5-9-18)21(27)23-17-6-2-15(3-7-17)19-14-20(19)24-22(28)29/h2-9,19-20,24H,10-14H2,1H3,(H,23,27)(H,28,29)/t19-,20+/m0/s1. The number of rotatable bonds is 5. The molecule has 1 aliphatic carbocycles. The molecular weight excluding hydrogens is 368 g/mol. The van der Waals surface area contributed by atoms with Crippen LogP contribution in [-0.2, 0) is 0 Å². The van der Waals surface area contributed by atoms with Crippen molar-refractivity contribution in [2.24, 2.45) is 0 Å². The van der Waals surface area contributed by atoms with Crippen LogP contribution < -0.4 is 15.5 Å². The molecular formula is C22H26N4O3. The second-order valence-corrected chi connectivity index (χ2v) is 7.81. The molecule has 0 spiro atoms. The highest BCUT2D eigenvalue weighted by molar-refractivity contribution is 6.04. The molecule has 2 fully saturated rings. The summed E-state index contributed by atoms with van der Waals surface area (Å²) in [4.78, 5) is 27.9. The van der Waals surface area contributed by atoms with Crippen LogP contribution in [0.5, 0.6) is 0 Å². The molecule has 2 aromatic carbocycles. The monoisotopic (exact) mass is 394 g/mol. The first-order valence-corrected chi connectivity index (χ1v) is 9.94. The van der Waals surface area contributed by atoms with E-state index in [0.717, 1.165) is 49.5 Å². The zero-order chi connectivity index (χ0) is 20.4. The van der Waals surface area contributed by atoms with Crippen LogP contribution >= 0.6 is 0 Å². The second kappa shape index (κ2) is 8.13. The fraction of sp³-hybridized carbons (Fsp3) is 0.364. The number of nitrogens with zero attached hydrogens (tertiary/aromatic N) is 2. The van der Waals surface area contributed by atoms with Crippen molar-refractivity contribution in [1.82, 2.24) is 10.2 Å². The molecule has 0 aromatic heterocycles. The number of amides is 2. The van der Waals surface area contributed by atoms with Gasteiger partial charge in [0.15, 0.2) is 0 Å². The molecule has 2 amide bonds. The first-order valence-electron chi connectivity index (χ1n) is 9.94. The Morgan fingerprint density at radius 2 is 1.62 bits per heavy atom. The number of benzene rings is 2. The van der Waals surface area contributed by atoms with E-state index >= 15 is 0 Å². The van der Waals surface area contributed by atoms with Gasteiger partial charge in [0.05, 0.1) is 0 Å². The Hall–Kier alpha value is -3.06. The van der Waals surface area contributed by atoms with Crippen LogP contribution in [0.25, 0.3) is 0 Å². The van der Waals surface area contributed by atoms with Gasteiger partial charge in [-0.1, -0.05) is 12.1 Å². The predicted molar refractivity (Wildman–Crippen MR) is 113 cm³/mol. The van der Waals surface area contributed by atoms with Crippen LogP contribution in [0.4, 0.5) is 16.2 Å². The minimum atomic E-state index is -0.986. The molecule has 2 aromatic rings. The van der Waals surface area contributed by atoms with Crippen molar-refractivity contribution in [2.45, 2.75) is 18.4 Å². The summed E-state index contributed by atoms with van der Waals surface area (Å²) in [6.07, 6.45) is -0.169. The van der Waals surface area contributed by atoms with Crippen LogP contribution in [0.3, 0.4) is 0 Å². The molecule has 2 atom stereocenters. The van der Waals surface area contributed by atoms with E-state index < -0.39 is 6.09 Å². The summed E-state index contributed by atoms with van der Waals surface area (Å²) >= 11 is 0. The Morgan fingerprint density at radius 3 is 2.24 bits per heavy atom. The summed E-state index contributed by atoms with van der Waals surface area (Å²) in [5.41, 5.74) is 3.58. The summed E-state index contributed by atoms with van der Waals surface area (Å²) in [6, 6.07) is 15.3. The Balaban J connectivity index is 1.33. The lowest BCUT2D eigenvalue weighted by Gasteiger charge is -2.34. The summed E-state index contributed by atoms with van der Waals surface area (Å²) in [5.74, 6) is 0.0810. The summed E-state index contributed by atoms with van der Waals surface area (Å²) in [7, 11) is 2.13. The third kappa shape index (κ3) is 4.68. The number of likely N-dealkylation sites (N-methyl/N-ethyl adjacent to an activating group) is 1. The molecule has 1 saturated carbocycles. The van der Waals surface area contributed by atoms with Crippen LogP contribution in [-0.4, -0.2) is 61.3 Å². The van der Waals surface area contributed by atoms with Gasteiger partial charge in [0.25, 0.3) is 5.91 Å². The third-order valence-corrected chi connectivity index (χ3v) is 5.69. The lowest BCUT2D eigenvalue weighted by molar-refractivity contribution is 0.102. The molecule has 29 heavy (non-hydrogen) atoms. The molecule has 0 unspecified atom stereocenters. The normalized spacial score (nSPS) is 21.5. The van der Waals surface area contributed by atoms with Crippen molar-refractivity contribution in [2.75, 3.05) is 43.4 Å². The van der Waals surface area contributed by atoms with Gasteiger partial charge in [0, 0.05) is 55.1 Å². The first-order chi connectivity index (χ1) is 14.0. The summed E-state index contributed by atoms with van der Waals surface area (Å²) in [6.45, 7) is 4.09. The third-order valence-electron chi connectivity index (χ3n) is 5.69. The SMILES string of the molecule is CN1CCN(c2ccc(C(=O)Nc3ccc([C@@H]4C[C@H]4NC(=O)O)cc3)cc2)CC1. The number of carbonyl (C=O) groups is 2. The van der Waals surface area contributed by atoms with Crippen molar-refractivity contribution in [3.63, 3.8) is 0 Å². The molecule has 1 heterocycles. The summed E-state index contributed by atoms with van der Waals surface area (Å²) in [5, 5.41) is 14.2. The van der Waals surface area contributed by atoms with Gasteiger partial charge in [-0.3, -0.25) is 4.79 Å². The molecule has 1 saturated heterocycles. The average Bonchev–Trinajstić information content (AvgIpc) is 3.47. The maximum atomic E-state index is 12.5. The molecule has 152 valence electrons. The number of carbonyl (C=O) groups excluding carboxylic acids is 1. The molecule has 0 bridgehead atoms. The molecule has 1 aliphatic heterocycles. The smallest absolute Gasteiger partial charge is 0.404 e. The molecule has 3 N–H and O–H groups in total. The quantitative estimate of drug-likeness (QED) is 0.726. The fourth-order valence-electron chi connectivity index (χ4n) is 3.79. The highest BCUT2D eigenvalue weighted by atomic mass is 16.4. The minimum Gasteiger partial charge on any atom is -0.465 e. The maximum Gasteiger partial charge on any atom is 0.404 e. The molecule has 0 radical (unpaired) electrons. The van der Waals surface area contributed by atoms with E-state index in [2.05, 4.69) is 27.5 Å². The van der Waals surface area contributed by atoms with Gasteiger partial charge in [-0.2, -0.15) is 0 Å². The second-order valence-electron chi connectivity index (χ2n) is 7.81. The number of hydrogen-bond acceptors (Lipinski definition) is 4. The topological polar surface area (TPSA) is 84.9 Å². The van der Waals surface area contributed by atoms with Crippen molar-refractivity contribution < 1.29 is 14.7 Å². The lowest BCUT2D eigenvalue weighted by Crippen LogP contribution is -2.44. The Bertz CT molecular complexity index is 874. The largest absolute Gasteiger partial charge is 0.465 e. The molecule has 2 aliphatic rings. The number of carboxylic acid groups (broad SMARTS) is 1. The van der Waals surface area contributed by atoms with Crippen LogP contribution in [0.15, 0.2) is 48.5 Å². The van der Waals surface area contributed by atoms with Gasteiger partial charge >= 0.3 is 6.09 Å². The van der Waals surface area contributed by atoms with Gasteiger partial charge in [-0.25, -0.2) is 4.79 Å². The highest BCUT2D eigenvalue weighted by Crippen LogP contribution is 2.41. The van der Waals surface area contributed by atoms with Crippen molar-refractivity contribution in [3.05, 3.63) is 59.7 Å². The van der Waals surface area contributed by atoms with E-state index in [1.807, 2.05) is 48.5 Å². The molecule has 7 heteroatoms. The van der Waals surface area contributed by atoms with Crippen LogP contribution in [0, 0.1) is 0 Å². The molecule has 4 rings (SSSR count). The van der Waals surface area contributed by atoms with Crippen molar-refractivity contribution in [1.29, 1.82) is 0 Å². The van der Waals surface area contributed by atoms with Crippen LogP contribution in [0.1, 0.15) is 28.3 Å². The van der Waals surface area contributed by atoms with Gasteiger partial charge in [0.2, 0.25) is 0 Å². The van der Waals surface area contributed by atoms with E-state index in [0.29, 0.717) is 5.56 Å².